The molecular weight excluding hydrogens is 241 g/mol. The molecule has 1 unspecified atom stereocenters. The van der Waals surface area contributed by atoms with Crippen molar-refractivity contribution >= 4 is 5.95 Å². The van der Waals surface area contributed by atoms with E-state index in [0.717, 1.165) is 17.9 Å². The van der Waals surface area contributed by atoms with Gasteiger partial charge in [-0.05, 0) is 31.0 Å². The minimum Gasteiger partial charge on any atom is -0.352 e. The number of anilines is 1. The Hall–Kier alpha value is -2.10. The van der Waals surface area contributed by atoms with E-state index < -0.39 is 0 Å². The molecular formula is C15H18FN3. The molecule has 0 aliphatic rings. The van der Waals surface area contributed by atoms with Crippen molar-refractivity contribution in [3.8, 4) is 0 Å². The van der Waals surface area contributed by atoms with Gasteiger partial charge in [-0.25, -0.2) is 9.37 Å². The summed E-state index contributed by atoms with van der Waals surface area (Å²) in [6.07, 6.45) is 6.34. The van der Waals surface area contributed by atoms with Crippen LogP contribution in [0.15, 0.2) is 49.3 Å². The Balaban J connectivity index is 2.06. The molecule has 4 heteroatoms. The maximum atomic E-state index is 12.9. The van der Waals surface area contributed by atoms with Crippen LogP contribution in [0.4, 0.5) is 10.3 Å². The number of hydrogen-bond acceptors (Lipinski definition) is 2. The average Bonchev–Trinajstić information content (AvgIpc) is 2.87. The van der Waals surface area contributed by atoms with E-state index in [2.05, 4.69) is 28.4 Å². The van der Waals surface area contributed by atoms with E-state index in [9.17, 15) is 4.39 Å². The van der Waals surface area contributed by atoms with Crippen LogP contribution in [-0.4, -0.2) is 16.1 Å². The Morgan fingerprint density at radius 3 is 2.84 bits per heavy atom. The minimum absolute atomic E-state index is 0.202. The minimum atomic E-state index is -0.202. The van der Waals surface area contributed by atoms with Crippen molar-refractivity contribution in [1.29, 1.82) is 0 Å². The van der Waals surface area contributed by atoms with Crippen LogP contribution in [0.25, 0.3) is 0 Å². The molecule has 100 valence electrons. The monoisotopic (exact) mass is 259 g/mol. The number of nitrogens with zero attached hydrogens (tertiary/aromatic N) is 2. The predicted molar refractivity (Wildman–Crippen MR) is 75.7 cm³/mol. The van der Waals surface area contributed by atoms with E-state index in [1.807, 2.05) is 18.3 Å². The number of benzene rings is 1. The number of halogens is 1. The maximum Gasteiger partial charge on any atom is 0.203 e. The van der Waals surface area contributed by atoms with Crippen molar-refractivity contribution in [2.75, 3.05) is 11.9 Å². The normalized spacial score (nSPS) is 12.1. The summed E-state index contributed by atoms with van der Waals surface area (Å²) in [5.41, 5.74) is 1.11. The summed E-state index contributed by atoms with van der Waals surface area (Å²) >= 11 is 0. The van der Waals surface area contributed by atoms with Gasteiger partial charge < -0.3 is 9.88 Å². The maximum absolute atomic E-state index is 12.9. The molecule has 0 saturated carbocycles. The summed E-state index contributed by atoms with van der Waals surface area (Å²) in [6.45, 7) is 6.47. The van der Waals surface area contributed by atoms with Gasteiger partial charge in [-0.3, -0.25) is 0 Å². The van der Waals surface area contributed by atoms with Gasteiger partial charge in [-0.15, -0.1) is 6.58 Å². The molecule has 0 aliphatic carbocycles. The summed E-state index contributed by atoms with van der Waals surface area (Å²) < 4.78 is 14.9. The van der Waals surface area contributed by atoms with Crippen LogP contribution < -0.4 is 5.32 Å². The molecule has 1 heterocycles. The lowest BCUT2D eigenvalue weighted by Gasteiger charge is -2.16. The second-order valence-electron chi connectivity index (χ2n) is 4.51. The molecule has 0 fully saturated rings. The molecule has 0 aliphatic heterocycles. The first-order chi connectivity index (χ1) is 9.20. The van der Waals surface area contributed by atoms with Gasteiger partial charge in [0.05, 0.1) is 0 Å². The van der Waals surface area contributed by atoms with Crippen molar-refractivity contribution in [3.63, 3.8) is 0 Å². The SMILES string of the molecule is C=CCNc1nccn1C(C)Cc1ccc(F)cc1. The van der Waals surface area contributed by atoms with Crippen LogP contribution >= 0.6 is 0 Å². The van der Waals surface area contributed by atoms with Crippen molar-refractivity contribution in [2.24, 2.45) is 0 Å². The fraction of sp³-hybridized carbons (Fsp3) is 0.267. The van der Waals surface area contributed by atoms with Crippen molar-refractivity contribution in [3.05, 3.63) is 60.7 Å². The third-order valence-corrected chi connectivity index (χ3v) is 2.99. The molecule has 0 bridgehead atoms. The van der Waals surface area contributed by atoms with Crippen molar-refractivity contribution in [2.45, 2.75) is 19.4 Å². The molecule has 3 nitrogen and oxygen atoms in total. The van der Waals surface area contributed by atoms with Gasteiger partial charge in [0.1, 0.15) is 5.82 Å². The Morgan fingerprint density at radius 2 is 2.16 bits per heavy atom. The molecule has 1 atom stereocenters. The zero-order valence-corrected chi connectivity index (χ0v) is 11.0. The van der Waals surface area contributed by atoms with E-state index in [0.29, 0.717) is 6.54 Å². The molecule has 1 aromatic carbocycles. The highest BCUT2D eigenvalue weighted by atomic mass is 19.1. The Kier molecular flexibility index (Phi) is 4.34. The zero-order chi connectivity index (χ0) is 13.7. The number of hydrogen-bond donors (Lipinski definition) is 1. The van der Waals surface area contributed by atoms with E-state index in [-0.39, 0.29) is 11.9 Å². The van der Waals surface area contributed by atoms with Gasteiger partial charge in [0.2, 0.25) is 5.95 Å². The topological polar surface area (TPSA) is 29.9 Å². The molecule has 1 aromatic heterocycles. The van der Waals surface area contributed by atoms with Gasteiger partial charge in [-0.1, -0.05) is 18.2 Å². The molecule has 1 N–H and O–H groups in total. The lowest BCUT2D eigenvalue weighted by molar-refractivity contribution is 0.548. The Morgan fingerprint density at radius 1 is 1.42 bits per heavy atom. The highest BCUT2D eigenvalue weighted by Gasteiger charge is 2.10. The summed E-state index contributed by atoms with van der Waals surface area (Å²) in [7, 11) is 0. The van der Waals surface area contributed by atoms with Gasteiger partial charge in [0.15, 0.2) is 0 Å². The highest BCUT2D eigenvalue weighted by molar-refractivity contribution is 5.28. The Labute approximate surface area is 112 Å². The number of aromatic nitrogens is 2. The van der Waals surface area contributed by atoms with Gasteiger partial charge in [0, 0.05) is 25.0 Å². The molecule has 19 heavy (non-hydrogen) atoms. The van der Waals surface area contributed by atoms with E-state index in [1.165, 1.54) is 12.1 Å². The van der Waals surface area contributed by atoms with E-state index >= 15 is 0 Å². The zero-order valence-electron chi connectivity index (χ0n) is 11.0. The fourth-order valence-corrected chi connectivity index (χ4v) is 2.03. The number of imidazole rings is 1. The summed E-state index contributed by atoms with van der Waals surface area (Å²) in [4.78, 5) is 4.27. The van der Waals surface area contributed by atoms with Crippen molar-refractivity contribution < 1.29 is 4.39 Å². The van der Waals surface area contributed by atoms with Crippen LogP contribution in [-0.2, 0) is 6.42 Å². The molecule has 0 spiro atoms. The lowest BCUT2D eigenvalue weighted by Crippen LogP contribution is -2.12. The Bertz CT molecular complexity index is 531. The largest absolute Gasteiger partial charge is 0.352 e. The van der Waals surface area contributed by atoms with Crippen LogP contribution in [0, 0.1) is 5.82 Å². The number of rotatable bonds is 6. The van der Waals surface area contributed by atoms with Crippen LogP contribution in [0.5, 0.6) is 0 Å². The van der Waals surface area contributed by atoms with E-state index in [4.69, 9.17) is 0 Å². The summed E-state index contributed by atoms with van der Waals surface area (Å²) in [6, 6.07) is 6.87. The van der Waals surface area contributed by atoms with Crippen LogP contribution in [0.3, 0.4) is 0 Å². The first-order valence-electron chi connectivity index (χ1n) is 6.32. The van der Waals surface area contributed by atoms with E-state index in [1.54, 1.807) is 12.3 Å². The third-order valence-electron chi connectivity index (χ3n) is 2.99. The first-order valence-corrected chi connectivity index (χ1v) is 6.32. The van der Waals surface area contributed by atoms with Gasteiger partial charge >= 0.3 is 0 Å². The summed E-state index contributed by atoms with van der Waals surface area (Å²) in [5.74, 6) is 0.627. The highest BCUT2D eigenvalue weighted by Crippen LogP contribution is 2.18. The molecule has 0 radical (unpaired) electrons. The standard InChI is InChI=1S/C15H18FN3/c1-3-8-17-15-18-9-10-19(15)12(2)11-13-4-6-14(16)7-5-13/h3-7,9-10,12H,1,8,11H2,2H3,(H,17,18). The molecule has 2 aromatic rings. The second kappa shape index (κ2) is 6.18. The van der Waals surface area contributed by atoms with Crippen LogP contribution in [0.1, 0.15) is 18.5 Å². The second-order valence-corrected chi connectivity index (χ2v) is 4.51. The fourth-order valence-electron chi connectivity index (χ4n) is 2.03. The van der Waals surface area contributed by atoms with Gasteiger partial charge in [-0.2, -0.15) is 0 Å². The third kappa shape index (κ3) is 3.44. The molecule has 0 saturated heterocycles. The lowest BCUT2D eigenvalue weighted by atomic mass is 10.1. The van der Waals surface area contributed by atoms with Crippen LogP contribution in [0.2, 0.25) is 0 Å². The van der Waals surface area contributed by atoms with Gasteiger partial charge in [0.25, 0.3) is 0 Å². The summed E-state index contributed by atoms with van der Waals surface area (Å²) in [5, 5.41) is 3.19. The average molecular weight is 259 g/mol. The number of nitrogens with one attached hydrogen (secondary N) is 1. The van der Waals surface area contributed by atoms with Crippen molar-refractivity contribution in [1.82, 2.24) is 9.55 Å². The first kappa shape index (κ1) is 13.3. The smallest absolute Gasteiger partial charge is 0.203 e. The quantitative estimate of drug-likeness (QED) is 0.805. The predicted octanol–water partition coefficient (Wildman–Crippen LogP) is 3.42. The molecule has 0 amide bonds. The molecule has 2 rings (SSSR count).